The van der Waals surface area contributed by atoms with Crippen LogP contribution in [0.5, 0.6) is 17.2 Å². The Hall–Kier alpha value is -4.43. The minimum atomic E-state index is -4.23. The number of hydrazone groups is 1. The third kappa shape index (κ3) is 6.40. The summed E-state index contributed by atoms with van der Waals surface area (Å²) < 4.78 is 72.1. The second kappa shape index (κ2) is 13.5. The van der Waals surface area contributed by atoms with Gasteiger partial charge in [0.2, 0.25) is 5.75 Å². The normalized spacial score (nSPS) is 12.0. The van der Waals surface area contributed by atoms with Crippen LogP contribution in [-0.4, -0.2) is 71.2 Å². The molecule has 0 aliphatic heterocycles. The van der Waals surface area contributed by atoms with Crippen molar-refractivity contribution in [1.82, 2.24) is 14.8 Å². The Morgan fingerprint density at radius 1 is 0.864 bits per heavy atom. The minimum Gasteiger partial charge on any atom is -0.493 e. The molecule has 0 bridgehead atoms. The number of rotatable bonds is 13. The van der Waals surface area contributed by atoms with Crippen molar-refractivity contribution in [1.29, 1.82) is 0 Å². The smallest absolute Gasteiger partial charge is 0.289 e. The van der Waals surface area contributed by atoms with Gasteiger partial charge in [-0.3, -0.25) is 9.78 Å². The second-order valence-corrected chi connectivity index (χ2v) is 13.8. The van der Waals surface area contributed by atoms with Crippen molar-refractivity contribution in [3.63, 3.8) is 0 Å². The van der Waals surface area contributed by atoms with Gasteiger partial charge in [-0.05, 0) is 60.4 Å². The number of ether oxygens (including phenoxy) is 3. The van der Waals surface area contributed by atoms with Gasteiger partial charge >= 0.3 is 0 Å². The molecule has 1 aromatic carbocycles. The number of nitrogens with one attached hydrogen (secondary N) is 1. The molecular formula is C30H34N4O8S2. The number of pyridine rings is 2. The van der Waals surface area contributed by atoms with Crippen LogP contribution in [0.25, 0.3) is 16.6 Å². The average molecular weight is 643 g/mol. The first-order valence-electron chi connectivity index (χ1n) is 13.7. The van der Waals surface area contributed by atoms with E-state index in [1.165, 1.54) is 38.1 Å². The lowest BCUT2D eigenvalue weighted by atomic mass is 10.1. The standard InChI is InChI=1S/C30H34N4O8S2/c1-6-14-43(36,37)28-23-18-22(21-8-11-31-12-9-21)10-13-34(23)26(29(28)44(38,39)15-7-2)30(35)33-32-19-20-16-24(40-3)27(42-5)25(17-20)41-4/h8-13,16-19H,6-7,14-15H2,1-5H3,(H,33,35)/b32-19-. The fourth-order valence-electron chi connectivity index (χ4n) is 4.86. The monoisotopic (exact) mass is 642 g/mol. The quantitative estimate of drug-likeness (QED) is 0.167. The summed E-state index contributed by atoms with van der Waals surface area (Å²) in [6.45, 7) is 3.35. The van der Waals surface area contributed by atoms with Crippen LogP contribution in [0, 0.1) is 0 Å². The molecule has 0 unspecified atom stereocenters. The number of amides is 1. The van der Waals surface area contributed by atoms with Gasteiger partial charge in [-0.2, -0.15) is 5.10 Å². The summed E-state index contributed by atoms with van der Waals surface area (Å²) in [6, 6.07) is 9.95. The molecule has 4 aromatic rings. The van der Waals surface area contributed by atoms with E-state index in [1.54, 1.807) is 62.6 Å². The largest absolute Gasteiger partial charge is 0.493 e. The number of benzene rings is 1. The minimum absolute atomic E-state index is 0.0706. The van der Waals surface area contributed by atoms with Crippen LogP contribution in [0.2, 0.25) is 0 Å². The lowest BCUT2D eigenvalue weighted by molar-refractivity contribution is 0.0945. The SMILES string of the molecule is CCCS(=O)(=O)c1c(S(=O)(=O)CCC)c2cc(-c3ccncc3)ccn2c1C(=O)N/N=C\c1cc(OC)c(OC)c(OC)c1. The third-order valence-electron chi connectivity index (χ3n) is 6.71. The van der Waals surface area contributed by atoms with Crippen LogP contribution in [-0.2, 0) is 19.7 Å². The van der Waals surface area contributed by atoms with E-state index < -0.39 is 35.4 Å². The molecule has 3 aromatic heterocycles. The summed E-state index contributed by atoms with van der Waals surface area (Å²) >= 11 is 0. The maximum Gasteiger partial charge on any atom is 0.289 e. The van der Waals surface area contributed by atoms with E-state index >= 15 is 0 Å². The van der Waals surface area contributed by atoms with E-state index in [0.717, 1.165) is 5.56 Å². The van der Waals surface area contributed by atoms with Crippen LogP contribution in [0.4, 0.5) is 0 Å². The van der Waals surface area contributed by atoms with E-state index in [1.807, 2.05) is 0 Å². The van der Waals surface area contributed by atoms with Crippen molar-refractivity contribution in [3.05, 3.63) is 66.2 Å². The molecule has 3 heterocycles. The molecular weight excluding hydrogens is 608 g/mol. The maximum absolute atomic E-state index is 13.7. The van der Waals surface area contributed by atoms with Gasteiger partial charge in [0.25, 0.3) is 5.91 Å². The first kappa shape index (κ1) is 32.5. The lowest BCUT2D eigenvalue weighted by Crippen LogP contribution is -2.23. The summed E-state index contributed by atoms with van der Waals surface area (Å²) in [4.78, 5) is 16.8. The van der Waals surface area contributed by atoms with Crippen LogP contribution in [0.3, 0.4) is 0 Å². The highest BCUT2D eigenvalue weighted by Gasteiger charge is 2.37. The molecule has 234 valence electrons. The van der Waals surface area contributed by atoms with Gasteiger partial charge in [0, 0.05) is 24.2 Å². The van der Waals surface area contributed by atoms with Gasteiger partial charge in [0.05, 0.1) is 44.6 Å². The van der Waals surface area contributed by atoms with Crippen LogP contribution in [0.1, 0.15) is 42.7 Å². The van der Waals surface area contributed by atoms with E-state index in [2.05, 4.69) is 15.5 Å². The molecule has 12 nitrogen and oxygen atoms in total. The first-order chi connectivity index (χ1) is 21.0. The number of carbonyl (C=O) groups is 1. The lowest BCUT2D eigenvalue weighted by Gasteiger charge is -2.12. The van der Waals surface area contributed by atoms with Crippen molar-refractivity contribution in [2.75, 3.05) is 32.8 Å². The number of hydrogen-bond acceptors (Lipinski definition) is 10. The topological polar surface area (TPSA) is 155 Å². The summed E-state index contributed by atoms with van der Waals surface area (Å²) in [7, 11) is -3.98. The molecule has 14 heteroatoms. The fourth-order valence-corrected chi connectivity index (χ4v) is 8.84. The molecule has 0 aliphatic carbocycles. The number of fused-ring (bicyclic) bond motifs is 1. The summed E-state index contributed by atoms with van der Waals surface area (Å²) in [5, 5.41) is 4.03. The Balaban J connectivity index is 1.92. The van der Waals surface area contributed by atoms with Crippen LogP contribution >= 0.6 is 0 Å². The predicted molar refractivity (Wildman–Crippen MR) is 166 cm³/mol. The molecule has 0 saturated heterocycles. The average Bonchev–Trinajstić information content (AvgIpc) is 3.37. The molecule has 4 rings (SSSR count). The highest BCUT2D eigenvalue weighted by Crippen LogP contribution is 2.38. The zero-order valence-corrected chi connectivity index (χ0v) is 26.7. The predicted octanol–water partition coefficient (Wildman–Crippen LogP) is 4.16. The highest BCUT2D eigenvalue weighted by atomic mass is 32.2. The van der Waals surface area contributed by atoms with Gasteiger partial charge in [-0.1, -0.05) is 13.8 Å². The summed E-state index contributed by atoms with van der Waals surface area (Å²) in [5.41, 5.74) is 3.92. The van der Waals surface area contributed by atoms with Crippen LogP contribution in [0.15, 0.2) is 69.9 Å². The molecule has 44 heavy (non-hydrogen) atoms. The van der Waals surface area contributed by atoms with E-state index in [-0.39, 0.29) is 35.6 Å². The molecule has 0 atom stereocenters. The van der Waals surface area contributed by atoms with E-state index in [9.17, 15) is 21.6 Å². The molecule has 0 aliphatic rings. The number of nitrogens with zero attached hydrogens (tertiary/aromatic N) is 3. The number of aromatic nitrogens is 2. The Labute approximate surface area is 256 Å². The van der Waals surface area contributed by atoms with Gasteiger partial charge in [0.15, 0.2) is 31.2 Å². The molecule has 1 amide bonds. The van der Waals surface area contributed by atoms with Crippen LogP contribution < -0.4 is 19.6 Å². The van der Waals surface area contributed by atoms with Crippen molar-refractivity contribution in [2.45, 2.75) is 36.5 Å². The number of hydrogen-bond donors (Lipinski definition) is 1. The highest BCUT2D eigenvalue weighted by molar-refractivity contribution is 7.94. The number of sulfone groups is 2. The van der Waals surface area contributed by atoms with Gasteiger partial charge in [-0.25, -0.2) is 22.3 Å². The maximum atomic E-state index is 13.7. The Bertz CT molecular complexity index is 1890. The molecule has 1 N–H and O–H groups in total. The molecule has 0 radical (unpaired) electrons. The third-order valence-corrected chi connectivity index (χ3v) is 10.8. The Kier molecular flexibility index (Phi) is 9.95. The number of methoxy groups -OCH3 is 3. The van der Waals surface area contributed by atoms with Gasteiger partial charge in [0.1, 0.15) is 15.5 Å². The summed E-state index contributed by atoms with van der Waals surface area (Å²) in [5.74, 6) is -0.477. The molecule has 0 fully saturated rings. The van der Waals surface area contributed by atoms with Crippen molar-refractivity contribution >= 4 is 37.3 Å². The Morgan fingerprint density at radius 2 is 1.45 bits per heavy atom. The zero-order valence-electron chi connectivity index (χ0n) is 25.0. The van der Waals surface area contributed by atoms with Crippen molar-refractivity contribution < 1.29 is 35.8 Å². The number of carbonyl (C=O) groups excluding carboxylic acids is 1. The van der Waals surface area contributed by atoms with E-state index in [0.29, 0.717) is 28.4 Å². The zero-order chi connectivity index (χ0) is 32.1. The summed E-state index contributed by atoms with van der Waals surface area (Å²) in [6.07, 6.45) is 6.44. The fraction of sp³-hybridized carbons (Fsp3) is 0.300. The van der Waals surface area contributed by atoms with E-state index in [4.69, 9.17) is 14.2 Å². The molecule has 0 saturated carbocycles. The Morgan fingerprint density at radius 3 is 2.00 bits per heavy atom. The van der Waals surface area contributed by atoms with Gasteiger partial charge in [-0.15, -0.1) is 0 Å². The molecule has 0 spiro atoms. The van der Waals surface area contributed by atoms with Crippen molar-refractivity contribution in [2.24, 2.45) is 5.10 Å². The second-order valence-electron chi connectivity index (χ2n) is 9.71. The van der Waals surface area contributed by atoms with Crippen molar-refractivity contribution in [3.8, 4) is 28.4 Å². The first-order valence-corrected chi connectivity index (χ1v) is 17.0. The van der Waals surface area contributed by atoms with Gasteiger partial charge < -0.3 is 18.6 Å².